The number of benzene rings is 2. The Morgan fingerprint density at radius 3 is 2.52 bits per heavy atom. The van der Waals surface area contributed by atoms with E-state index in [0.29, 0.717) is 35.3 Å². The molecule has 0 radical (unpaired) electrons. The third-order valence-corrected chi connectivity index (χ3v) is 8.01. The van der Waals surface area contributed by atoms with E-state index >= 15 is 0 Å². The highest BCUT2D eigenvalue weighted by atomic mass is 32.2. The van der Waals surface area contributed by atoms with Crippen LogP contribution in [-0.4, -0.2) is 36.0 Å². The quantitative estimate of drug-likeness (QED) is 0.650. The van der Waals surface area contributed by atoms with Crippen molar-refractivity contribution < 1.29 is 17.2 Å². The van der Waals surface area contributed by atoms with Crippen LogP contribution in [0.15, 0.2) is 63.9 Å². The Labute approximate surface area is 168 Å². The third-order valence-electron chi connectivity index (χ3n) is 6.10. The van der Waals surface area contributed by atoms with Crippen LogP contribution in [0.1, 0.15) is 31.1 Å². The van der Waals surface area contributed by atoms with Gasteiger partial charge in [-0.05, 0) is 55.0 Å². The molecule has 29 heavy (non-hydrogen) atoms. The number of sulfonamides is 1. The van der Waals surface area contributed by atoms with Crippen LogP contribution in [0.25, 0.3) is 11.5 Å². The van der Waals surface area contributed by atoms with Gasteiger partial charge in [-0.2, -0.15) is 4.31 Å². The van der Waals surface area contributed by atoms with Crippen LogP contribution in [0.2, 0.25) is 0 Å². The van der Waals surface area contributed by atoms with Crippen molar-refractivity contribution >= 4 is 10.0 Å². The normalized spacial score (nSPS) is 21.3. The topological polar surface area (TPSA) is 76.3 Å². The van der Waals surface area contributed by atoms with Crippen molar-refractivity contribution in [1.82, 2.24) is 14.5 Å². The Hall–Kier alpha value is -2.58. The molecule has 0 unspecified atom stereocenters. The van der Waals surface area contributed by atoms with Gasteiger partial charge in [-0.15, -0.1) is 10.2 Å². The first-order chi connectivity index (χ1) is 14.0. The summed E-state index contributed by atoms with van der Waals surface area (Å²) in [4.78, 5) is 0.333. The number of halogens is 1. The van der Waals surface area contributed by atoms with Crippen LogP contribution in [0.4, 0.5) is 4.39 Å². The highest BCUT2D eigenvalue weighted by Gasteiger charge is 2.58. The summed E-state index contributed by atoms with van der Waals surface area (Å²) in [5.74, 6) is 0.658. The molecule has 2 heterocycles. The number of rotatable bonds is 4. The second kappa shape index (κ2) is 6.74. The molecule has 1 saturated heterocycles. The van der Waals surface area contributed by atoms with E-state index in [0.717, 1.165) is 19.3 Å². The molecule has 0 amide bonds. The van der Waals surface area contributed by atoms with Crippen molar-refractivity contribution in [3.05, 3.63) is 66.3 Å². The lowest BCUT2D eigenvalue weighted by molar-refractivity contribution is 0.246. The van der Waals surface area contributed by atoms with Crippen LogP contribution in [0.3, 0.4) is 0 Å². The van der Waals surface area contributed by atoms with Crippen LogP contribution in [-0.2, 0) is 10.0 Å². The number of hydrogen-bond donors (Lipinski definition) is 0. The zero-order valence-electron chi connectivity index (χ0n) is 15.7. The number of hydrogen-bond acceptors (Lipinski definition) is 5. The largest absolute Gasteiger partial charge is 0.420 e. The van der Waals surface area contributed by atoms with Gasteiger partial charge in [-0.25, -0.2) is 12.8 Å². The molecule has 3 aromatic rings. The zero-order chi connectivity index (χ0) is 20.1. The molecule has 0 bridgehead atoms. The summed E-state index contributed by atoms with van der Waals surface area (Å²) in [7, 11) is -3.46. The first-order valence-corrected chi connectivity index (χ1v) is 11.1. The van der Waals surface area contributed by atoms with Crippen molar-refractivity contribution in [3.63, 3.8) is 0 Å². The maximum Gasteiger partial charge on any atom is 0.247 e. The van der Waals surface area contributed by atoms with E-state index in [1.807, 2.05) is 6.07 Å². The fourth-order valence-corrected chi connectivity index (χ4v) is 5.74. The number of aromatic nitrogens is 2. The predicted octanol–water partition coefficient (Wildman–Crippen LogP) is 3.83. The van der Waals surface area contributed by atoms with E-state index in [-0.39, 0.29) is 17.2 Å². The van der Waals surface area contributed by atoms with E-state index in [9.17, 15) is 12.8 Å². The summed E-state index contributed by atoms with van der Waals surface area (Å²) in [6, 6.07) is 14.6. The lowest BCUT2D eigenvalue weighted by Crippen LogP contribution is -2.39. The second-order valence-corrected chi connectivity index (χ2v) is 9.73. The lowest BCUT2D eigenvalue weighted by Gasteiger charge is -2.31. The summed E-state index contributed by atoms with van der Waals surface area (Å²) < 4.78 is 46.4. The minimum Gasteiger partial charge on any atom is -0.420 e. The molecule has 2 aromatic carbocycles. The highest BCUT2D eigenvalue weighted by Crippen LogP contribution is 2.64. The van der Waals surface area contributed by atoms with Crippen molar-refractivity contribution in [2.24, 2.45) is 5.41 Å². The fraction of sp³-hybridized carbons (Fsp3) is 0.333. The Kier molecular flexibility index (Phi) is 4.29. The maximum atomic E-state index is 13.4. The predicted molar refractivity (Wildman–Crippen MR) is 104 cm³/mol. The van der Waals surface area contributed by atoms with Crippen LogP contribution < -0.4 is 0 Å². The molecule has 150 valence electrons. The summed E-state index contributed by atoms with van der Waals surface area (Å²) in [5.41, 5.74) is 0.580. The van der Waals surface area contributed by atoms with Gasteiger partial charge in [-0.1, -0.05) is 24.3 Å². The molecule has 5 rings (SSSR count). The van der Waals surface area contributed by atoms with Gasteiger partial charge < -0.3 is 4.42 Å². The summed E-state index contributed by atoms with van der Waals surface area (Å²) in [6.45, 7) is 0.969. The molecular formula is C21H20FN3O3S. The second-order valence-electron chi connectivity index (χ2n) is 7.79. The maximum absolute atomic E-state index is 13.4. The molecule has 6 nitrogen and oxygen atoms in total. The fourth-order valence-electron chi connectivity index (χ4n) is 4.28. The Bertz CT molecular complexity index is 1140. The van der Waals surface area contributed by atoms with Gasteiger partial charge in [0, 0.05) is 24.6 Å². The average Bonchev–Trinajstić information content (AvgIpc) is 3.20. The summed E-state index contributed by atoms with van der Waals surface area (Å²) in [6.07, 6.45) is 2.44. The van der Waals surface area contributed by atoms with Gasteiger partial charge in [0.05, 0.1) is 4.90 Å². The summed E-state index contributed by atoms with van der Waals surface area (Å²) >= 11 is 0. The average molecular weight is 413 g/mol. The monoisotopic (exact) mass is 413 g/mol. The SMILES string of the molecule is O=S(=O)(c1ccccc1)N1CCC2(CC1)C[C@@H]2c1nnc(-c2cccc(F)c2)o1. The molecule has 1 saturated carbocycles. The number of nitrogens with zero attached hydrogens (tertiary/aromatic N) is 3. The highest BCUT2D eigenvalue weighted by molar-refractivity contribution is 7.89. The number of piperidine rings is 1. The van der Waals surface area contributed by atoms with Gasteiger partial charge in [0.25, 0.3) is 0 Å². The van der Waals surface area contributed by atoms with Gasteiger partial charge in [0.2, 0.25) is 21.8 Å². The molecular weight excluding hydrogens is 393 g/mol. The van der Waals surface area contributed by atoms with Crippen LogP contribution in [0, 0.1) is 11.2 Å². The molecule has 1 aliphatic carbocycles. The smallest absolute Gasteiger partial charge is 0.247 e. The van der Waals surface area contributed by atoms with Gasteiger partial charge >= 0.3 is 0 Å². The van der Waals surface area contributed by atoms with E-state index < -0.39 is 10.0 Å². The van der Waals surface area contributed by atoms with Crippen molar-refractivity contribution in [2.45, 2.75) is 30.1 Å². The minimum atomic E-state index is -3.46. The zero-order valence-corrected chi connectivity index (χ0v) is 16.5. The first kappa shape index (κ1) is 18.4. The minimum absolute atomic E-state index is 0.0223. The van der Waals surface area contributed by atoms with E-state index in [4.69, 9.17) is 4.42 Å². The van der Waals surface area contributed by atoms with Crippen molar-refractivity contribution in [1.29, 1.82) is 0 Å². The first-order valence-electron chi connectivity index (χ1n) is 9.63. The third kappa shape index (κ3) is 3.26. The Balaban J connectivity index is 1.28. The Morgan fingerprint density at radius 1 is 1.03 bits per heavy atom. The molecule has 0 N–H and O–H groups in total. The van der Waals surface area contributed by atoms with E-state index in [2.05, 4.69) is 10.2 Å². The molecule has 8 heteroatoms. The molecule has 1 aliphatic heterocycles. The van der Waals surface area contributed by atoms with Gasteiger partial charge in [0.15, 0.2) is 0 Å². The van der Waals surface area contributed by atoms with E-state index in [1.165, 1.54) is 12.1 Å². The van der Waals surface area contributed by atoms with Crippen molar-refractivity contribution in [3.8, 4) is 11.5 Å². The lowest BCUT2D eigenvalue weighted by atomic mass is 9.92. The Morgan fingerprint density at radius 2 is 1.79 bits per heavy atom. The molecule has 2 fully saturated rings. The summed E-state index contributed by atoms with van der Waals surface area (Å²) in [5, 5.41) is 8.25. The standard InChI is InChI=1S/C21H20FN3O3S/c22-16-6-4-5-15(13-16)19-23-24-20(28-19)18-14-21(18)9-11-25(12-10-21)29(26,27)17-7-2-1-3-8-17/h1-8,13,18H,9-12,14H2/t18-/m1/s1. The van der Waals surface area contributed by atoms with Crippen molar-refractivity contribution in [2.75, 3.05) is 13.1 Å². The molecule has 1 spiro atoms. The van der Waals surface area contributed by atoms with Gasteiger partial charge in [0.1, 0.15) is 5.82 Å². The molecule has 1 aromatic heterocycles. The van der Waals surface area contributed by atoms with Crippen LogP contribution in [0.5, 0.6) is 0 Å². The molecule has 2 aliphatic rings. The van der Waals surface area contributed by atoms with Gasteiger partial charge in [-0.3, -0.25) is 0 Å². The van der Waals surface area contributed by atoms with Crippen LogP contribution >= 0.6 is 0 Å². The molecule has 1 atom stereocenters. The van der Waals surface area contributed by atoms with E-state index in [1.54, 1.807) is 40.7 Å².